The summed E-state index contributed by atoms with van der Waals surface area (Å²) in [6.07, 6.45) is 1.72. The van der Waals surface area contributed by atoms with Crippen LogP contribution in [-0.4, -0.2) is 23.2 Å². The van der Waals surface area contributed by atoms with Crippen LogP contribution in [0.1, 0.15) is 10.9 Å². The first-order valence-corrected chi connectivity index (χ1v) is 4.81. The van der Waals surface area contributed by atoms with Gasteiger partial charge in [0.2, 0.25) is 0 Å². The second kappa shape index (κ2) is 4.15. The number of aliphatic hydroxyl groups excluding tert-OH is 1. The molecular weight excluding hydrogens is 228 g/mol. The Hall–Kier alpha value is 0.0300. The number of hydrogen-bond donors (Lipinski definition) is 2. The molecular formula is C6H9BrN2OS. The van der Waals surface area contributed by atoms with Gasteiger partial charge in [-0.05, 0) is 15.9 Å². The van der Waals surface area contributed by atoms with Crippen LogP contribution < -0.4 is 5.73 Å². The van der Waals surface area contributed by atoms with Crippen molar-refractivity contribution in [2.24, 2.45) is 5.73 Å². The average Bonchev–Trinajstić information content (AvgIpc) is 2.39. The largest absolute Gasteiger partial charge is 0.396 e. The molecule has 3 nitrogen and oxygen atoms in total. The van der Waals surface area contributed by atoms with Gasteiger partial charge in [-0.15, -0.1) is 11.3 Å². The third-order valence-electron chi connectivity index (χ3n) is 1.35. The number of thiazole rings is 1. The zero-order valence-corrected chi connectivity index (χ0v) is 8.23. The van der Waals surface area contributed by atoms with Gasteiger partial charge in [-0.25, -0.2) is 4.98 Å². The fourth-order valence-corrected chi connectivity index (χ4v) is 2.06. The summed E-state index contributed by atoms with van der Waals surface area (Å²) in [5.41, 5.74) is 5.42. The van der Waals surface area contributed by atoms with Gasteiger partial charge in [0.15, 0.2) is 0 Å². The number of rotatable bonds is 3. The fraction of sp³-hybridized carbons (Fsp3) is 0.500. The molecule has 0 aliphatic carbocycles. The summed E-state index contributed by atoms with van der Waals surface area (Å²) in [6, 6.07) is 0. The number of hydrogen-bond acceptors (Lipinski definition) is 4. The van der Waals surface area contributed by atoms with Crippen LogP contribution in [0.25, 0.3) is 0 Å². The molecule has 11 heavy (non-hydrogen) atoms. The van der Waals surface area contributed by atoms with Crippen molar-refractivity contribution in [1.29, 1.82) is 0 Å². The number of nitrogens with zero attached hydrogens (tertiary/aromatic N) is 1. The van der Waals surface area contributed by atoms with Crippen LogP contribution in [0.5, 0.6) is 0 Å². The van der Waals surface area contributed by atoms with E-state index in [1.165, 1.54) is 11.3 Å². The molecule has 0 aromatic carbocycles. The van der Waals surface area contributed by atoms with Gasteiger partial charge in [0.1, 0.15) is 5.01 Å². The lowest BCUT2D eigenvalue weighted by molar-refractivity contribution is 0.267. The molecule has 1 heterocycles. The Morgan fingerprint density at radius 1 is 1.82 bits per heavy atom. The van der Waals surface area contributed by atoms with Gasteiger partial charge < -0.3 is 10.8 Å². The smallest absolute Gasteiger partial charge is 0.100 e. The van der Waals surface area contributed by atoms with Crippen molar-refractivity contribution in [1.82, 2.24) is 4.98 Å². The van der Waals surface area contributed by atoms with Crippen molar-refractivity contribution < 1.29 is 5.11 Å². The van der Waals surface area contributed by atoms with E-state index in [1.54, 1.807) is 6.20 Å². The predicted octanol–water partition coefficient (Wildman–Crippen LogP) is 0.940. The molecule has 1 rings (SSSR count). The van der Waals surface area contributed by atoms with Crippen LogP contribution in [0.3, 0.4) is 0 Å². The van der Waals surface area contributed by atoms with Gasteiger partial charge in [-0.1, -0.05) is 0 Å². The summed E-state index contributed by atoms with van der Waals surface area (Å²) < 4.78 is 0.972. The van der Waals surface area contributed by atoms with Gasteiger partial charge in [-0.2, -0.15) is 0 Å². The summed E-state index contributed by atoms with van der Waals surface area (Å²) in [4.78, 5) is 4.09. The van der Waals surface area contributed by atoms with Crippen LogP contribution in [0.2, 0.25) is 0 Å². The maximum atomic E-state index is 8.86. The highest BCUT2D eigenvalue weighted by atomic mass is 79.9. The highest BCUT2D eigenvalue weighted by Crippen LogP contribution is 2.24. The molecule has 0 spiro atoms. The first-order valence-electron chi connectivity index (χ1n) is 3.20. The Labute approximate surface area is 77.4 Å². The van der Waals surface area contributed by atoms with Crippen molar-refractivity contribution in [2.75, 3.05) is 13.2 Å². The molecule has 1 aromatic rings. The number of nitrogens with two attached hydrogens (primary N) is 1. The molecule has 1 atom stereocenters. The number of halogens is 1. The summed E-state index contributed by atoms with van der Waals surface area (Å²) in [5, 5.41) is 9.75. The van der Waals surface area contributed by atoms with Gasteiger partial charge >= 0.3 is 0 Å². The normalized spacial score (nSPS) is 13.4. The summed E-state index contributed by atoms with van der Waals surface area (Å²) >= 11 is 4.80. The topological polar surface area (TPSA) is 59.1 Å². The van der Waals surface area contributed by atoms with E-state index in [2.05, 4.69) is 20.9 Å². The molecule has 0 saturated heterocycles. The zero-order chi connectivity index (χ0) is 8.27. The van der Waals surface area contributed by atoms with Gasteiger partial charge in [0.05, 0.1) is 16.6 Å². The maximum Gasteiger partial charge on any atom is 0.100 e. The monoisotopic (exact) mass is 236 g/mol. The summed E-state index contributed by atoms with van der Waals surface area (Å²) in [7, 11) is 0. The van der Waals surface area contributed by atoms with E-state index in [0.29, 0.717) is 6.54 Å². The Balaban J connectivity index is 2.73. The molecule has 62 valence electrons. The van der Waals surface area contributed by atoms with E-state index < -0.39 is 0 Å². The highest BCUT2D eigenvalue weighted by molar-refractivity contribution is 9.11. The average molecular weight is 237 g/mol. The van der Waals surface area contributed by atoms with Crippen molar-refractivity contribution in [3.8, 4) is 0 Å². The summed E-state index contributed by atoms with van der Waals surface area (Å²) in [5.74, 6) is -0.00806. The Kier molecular flexibility index (Phi) is 3.45. The third kappa shape index (κ3) is 2.23. The molecule has 0 amide bonds. The minimum atomic E-state index is -0.00806. The maximum absolute atomic E-state index is 8.86. The second-order valence-corrected chi connectivity index (χ2v) is 4.56. The van der Waals surface area contributed by atoms with Gasteiger partial charge in [0.25, 0.3) is 0 Å². The predicted molar refractivity (Wildman–Crippen MR) is 48.7 cm³/mol. The lowest BCUT2D eigenvalue weighted by Crippen LogP contribution is -2.15. The van der Waals surface area contributed by atoms with Crippen LogP contribution >= 0.6 is 27.3 Å². The molecule has 5 heteroatoms. The minimum Gasteiger partial charge on any atom is -0.396 e. The van der Waals surface area contributed by atoms with Crippen LogP contribution in [0.15, 0.2) is 9.98 Å². The molecule has 0 aliphatic heterocycles. The van der Waals surface area contributed by atoms with E-state index in [0.717, 1.165) is 8.79 Å². The van der Waals surface area contributed by atoms with E-state index in [4.69, 9.17) is 10.8 Å². The Bertz CT molecular complexity index is 224. The zero-order valence-electron chi connectivity index (χ0n) is 5.83. The molecule has 1 aromatic heterocycles. The first kappa shape index (κ1) is 9.12. The quantitative estimate of drug-likeness (QED) is 0.822. The van der Waals surface area contributed by atoms with Crippen molar-refractivity contribution in [3.63, 3.8) is 0 Å². The molecule has 3 N–H and O–H groups in total. The summed E-state index contributed by atoms with van der Waals surface area (Å²) in [6.45, 7) is 0.507. The van der Waals surface area contributed by atoms with E-state index >= 15 is 0 Å². The van der Waals surface area contributed by atoms with E-state index in [9.17, 15) is 0 Å². The van der Waals surface area contributed by atoms with Crippen molar-refractivity contribution in [2.45, 2.75) is 5.92 Å². The Morgan fingerprint density at radius 2 is 2.55 bits per heavy atom. The van der Waals surface area contributed by atoms with Crippen LogP contribution in [0.4, 0.5) is 0 Å². The van der Waals surface area contributed by atoms with Crippen LogP contribution in [0, 0.1) is 0 Å². The van der Waals surface area contributed by atoms with E-state index in [1.807, 2.05) is 0 Å². The molecule has 0 bridgehead atoms. The van der Waals surface area contributed by atoms with Crippen LogP contribution in [-0.2, 0) is 0 Å². The molecule has 0 fully saturated rings. The third-order valence-corrected chi connectivity index (χ3v) is 2.99. The number of aliphatic hydroxyl groups is 1. The van der Waals surface area contributed by atoms with Gasteiger partial charge in [0, 0.05) is 12.5 Å². The fourth-order valence-electron chi connectivity index (χ4n) is 0.709. The SMILES string of the molecule is NCC(CO)c1ncc(Br)s1. The highest BCUT2D eigenvalue weighted by Gasteiger charge is 2.11. The lowest BCUT2D eigenvalue weighted by atomic mass is 10.2. The second-order valence-electron chi connectivity index (χ2n) is 2.12. The van der Waals surface area contributed by atoms with Gasteiger partial charge in [-0.3, -0.25) is 0 Å². The molecule has 0 saturated carbocycles. The molecule has 0 aliphatic rings. The minimum absolute atomic E-state index is 0.00806. The standard InChI is InChI=1S/C6H9BrN2OS/c7-5-2-9-6(11-5)4(1-8)3-10/h2,4,10H,1,3,8H2. The molecule has 0 radical (unpaired) electrons. The Morgan fingerprint density at radius 3 is 2.91 bits per heavy atom. The van der Waals surface area contributed by atoms with Crippen molar-refractivity contribution >= 4 is 27.3 Å². The number of aromatic nitrogens is 1. The van der Waals surface area contributed by atoms with Crippen molar-refractivity contribution in [3.05, 3.63) is 15.0 Å². The lowest BCUT2D eigenvalue weighted by Gasteiger charge is -2.05. The first-order chi connectivity index (χ1) is 5.27. The van der Waals surface area contributed by atoms with E-state index in [-0.39, 0.29) is 12.5 Å². The molecule has 1 unspecified atom stereocenters.